The van der Waals surface area contributed by atoms with Gasteiger partial charge in [-0.2, -0.15) is 0 Å². The van der Waals surface area contributed by atoms with Gasteiger partial charge in [-0.05, 0) is 24.7 Å². The fourth-order valence-corrected chi connectivity index (χ4v) is 2.43. The molecule has 1 aliphatic heterocycles. The van der Waals surface area contributed by atoms with Crippen LogP contribution >= 0.6 is 0 Å². The summed E-state index contributed by atoms with van der Waals surface area (Å²) in [4.78, 5) is 11.0. The zero-order valence-electron chi connectivity index (χ0n) is 13.3. The van der Waals surface area contributed by atoms with Crippen molar-refractivity contribution in [2.24, 2.45) is 0 Å². The first-order valence-electron chi connectivity index (χ1n) is 7.51. The Morgan fingerprint density at radius 2 is 1.96 bits per heavy atom. The molecule has 7 N–H and O–H groups in total. The molecule has 0 aliphatic carbocycles. The summed E-state index contributed by atoms with van der Waals surface area (Å²) >= 11 is 0. The highest BCUT2D eigenvalue weighted by molar-refractivity contribution is 5.73. The van der Waals surface area contributed by atoms with E-state index in [9.17, 15) is 30.3 Å². The van der Waals surface area contributed by atoms with Crippen LogP contribution in [0.15, 0.2) is 18.2 Å². The molecule has 1 fully saturated rings. The van der Waals surface area contributed by atoms with E-state index in [2.05, 4.69) is 5.32 Å². The Morgan fingerprint density at radius 1 is 1.28 bits per heavy atom. The van der Waals surface area contributed by atoms with E-state index in [0.717, 1.165) is 0 Å². The highest BCUT2D eigenvalue weighted by Gasteiger charge is 2.48. The second kappa shape index (κ2) is 7.95. The van der Waals surface area contributed by atoms with Crippen molar-refractivity contribution in [1.29, 1.82) is 0 Å². The zero-order chi connectivity index (χ0) is 18.7. The van der Waals surface area contributed by atoms with Crippen LogP contribution in [-0.4, -0.2) is 80.9 Å². The molecule has 0 aromatic heterocycles. The lowest BCUT2D eigenvalue weighted by Crippen LogP contribution is -2.61. The number of ether oxygens (including phenoxy) is 2. The number of carboxylic acids is 1. The van der Waals surface area contributed by atoms with Crippen LogP contribution in [-0.2, 0) is 9.53 Å². The molecule has 0 spiro atoms. The first-order valence-corrected chi connectivity index (χ1v) is 7.51. The zero-order valence-corrected chi connectivity index (χ0v) is 13.3. The molecule has 2 rings (SSSR count). The maximum atomic E-state index is 11.0. The number of aliphatic hydroxyl groups excluding tert-OH is 4. The minimum absolute atomic E-state index is 0.155. The van der Waals surface area contributed by atoms with Crippen molar-refractivity contribution >= 4 is 5.97 Å². The van der Waals surface area contributed by atoms with Crippen LogP contribution in [0.5, 0.6) is 11.5 Å². The first-order chi connectivity index (χ1) is 11.8. The largest absolute Gasteiger partial charge is 0.504 e. The summed E-state index contributed by atoms with van der Waals surface area (Å²) in [6.07, 6.45) is -9.67. The van der Waals surface area contributed by atoms with E-state index in [1.165, 1.54) is 18.2 Å². The maximum Gasteiger partial charge on any atom is 0.335 e. The molecular formula is C15H21NO9. The molecule has 1 saturated heterocycles. The Kier molecular flexibility index (Phi) is 6.16. The lowest BCUT2D eigenvalue weighted by atomic mass is 9.99. The number of likely N-dealkylation sites (N-methyl/N-ethyl adjacent to an activating group) is 1. The van der Waals surface area contributed by atoms with Gasteiger partial charge in [0.1, 0.15) is 18.3 Å². The van der Waals surface area contributed by atoms with Gasteiger partial charge in [-0.25, -0.2) is 4.79 Å². The van der Waals surface area contributed by atoms with E-state index in [4.69, 9.17) is 14.6 Å². The molecular weight excluding hydrogens is 338 g/mol. The van der Waals surface area contributed by atoms with Crippen LogP contribution in [0.4, 0.5) is 0 Å². The molecule has 140 valence electrons. The Morgan fingerprint density at radius 3 is 2.52 bits per heavy atom. The molecule has 1 heterocycles. The number of aliphatic carboxylic acids is 1. The van der Waals surface area contributed by atoms with Crippen molar-refractivity contribution in [3.63, 3.8) is 0 Å². The van der Waals surface area contributed by atoms with Gasteiger partial charge in [-0.1, -0.05) is 6.07 Å². The standard InChI is InChI=1S/C15H21NO9/c1-16-5-8(18)6-2-3-9(7(17)4-6)24-15-12(21)10(19)11(20)13(25-15)14(22)23/h2-4,8,10-13,15-21H,5H2,1H3,(H,22,23)/t8-,10-,11-,12+,13-,15+/m0/s1. The monoisotopic (exact) mass is 359 g/mol. The van der Waals surface area contributed by atoms with Gasteiger partial charge in [0.05, 0.1) is 6.10 Å². The number of hydrogen-bond acceptors (Lipinski definition) is 9. The van der Waals surface area contributed by atoms with Crippen LogP contribution in [0.25, 0.3) is 0 Å². The highest BCUT2D eigenvalue weighted by Crippen LogP contribution is 2.32. The molecule has 6 atom stereocenters. The van der Waals surface area contributed by atoms with Crippen LogP contribution in [0.1, 0.15) is 11.7 Å². The maximum absolute atomic E-state index is 11.0. The number of hydrogen-bond donors (Lipinski definition) is 7. The van der Waals surface area contributed by atoms with Crippen LogP contribution in [0.2, 0.25) is 0 Å². The minimum Gasteiger partial charge on any atom is -0.504 e. The van der Waals surface area contributed by atoms with Crippen LogP contribution in [0.3, 0.4) is 0 Å². The third-order valence-electron chi connectivity index (χ3n) is 3.82. The van der Waals surface area contributed by atoms with E-state index < -0.39 is 42.8 Å². The molecule has 0 bridgehead atoms. The Balaban J connectivity index is 2.16. The van der Waals surface area contributed by atoms with Gasteiger partial charge in [0.25, 0.3) is 0 Å². The predicted octanol–water partition coefficient (Wildman–Crippen LogP) is -2.08. The molecule has 1 aliphatic rings. The number of benzene rings is 1. The first kappa shape index (κ1) is 19.4. The van der Waals surface area contributed by atoms with Crippen LogP contribution < -0.4 is 10.1 Å². The molecule has 1 aromatic carbocycles. The van der Waals surface area contributed by atoms with Crippen molar-refractivity contribution in [2.45, 2.75) is 36.8 Å². The second-order valence-electron chi connectivity index (χ2n) is 5.65. The molecule has 10 nitrogen and oxygen atoms in total. The molecule has 0 saturated carbocycles. The molecule has 0 radical (unpaired) electrons. The van der Waals surface area contributed by atoms with E-state index in [-0.39, 0.29) is 18.0 Å². The number of carboxylic acid groups (broad SMARTS) is 1. The van der Waals surface area contributed by atoms with Crippen LogP contribution in [0, 0.1) is 0 Å². The summed E-state index contributed by atoms with van der Waals surface area (Å²) in [5.74, 6) is -2.07. The number of nitrogens with one attached hydrogen (secondary N) is 1. The third kappa shape index (κ3) is 4.18. The second-order valence-corrected chi connectivity index (χ2v) is 5.65. The number of rotatable bonds is 6. The Hall–Kier alpha value is -1.95. The molecule has 10 heteroatoms. The number of carbonyl (C=O) groups is 1. The van der Waals surface area contributed by atoms with Crippen molar-refractivity contribution in [3.05, 3.63) is 23.8 Å². The lowest BCUT2D eigenvalue weighted by molar-refractivity contribution is -0.271. The summed E-state index contributed by atoms with van der Waals surface area (Å²) in [6, 6.07) is 4.01. The minimum atomic E-state index is -1.83. The Bertz CT molecular complexity index is 611. The Labute approximate surface area is 142 Å². The van der Waals surface area contributed by atoms with Crippen molar-refractivity contribution in [1.82, 2.24) is 5.32 Å². The fourth-order valence-electron chi connectivity index (χ4n) is 2.43. The lowest BCUT2D eigenvalue weighted by Gasteiger charge is -2.38. The van der Waals surface area contributed by atoms with E-state index in [1.807, 2.05) is 0 Å². The average molecular weight is 359 g/mol. The average Bonchev–Trinajstić information content (AvgIpc) is 2.56. The van der Waals surface area contributed by atoms with Gasteiger partial charge in [0, 0.05) is 6.54 Å². The van der Waals surface area contributed by atoms with Gasteiger partial charge in [-0.3, -0.25) is 0 Å². The number of aliphatic hydroxyl groups is 4. The smallest absolute Gasteiger partial charge is 0.335 e. The summed E-state index contributed by atoms with van der Waals surface area (Å²) in [5, 5.41) is 60.8. The van der Waals surface area contributed by atoms with Gasteiger partial charge in [0.15, 0.2) is 17.6 Å². The third-order valence-corrected chi connectivity index (χ3v) is 3.82. The summed E-state index contributed by atoms with van der Waals surface area (Å²) in [7, 11) is 1.65. The van der Waals surface area contributed by atoms with E-state index in [1.54, 1.807) is 7.05 Å². The van der Waals surface area contributed by atoms with Crippen molar-refractivity contribution in [3.8, 4) is 11.5 Å². The van der Waals surface area contributed by atoms with Gasteiger partial charge in [0.2, 0.25) is 6.29 Å². The van der Waals surface area contributed by atoms with Gasteiger partial charge in [-0.15, -0.1) is 0 Å². The highest BCUT2D eigenvalue weighted by atomic mass is 16.7. The van der Waals surface area contributed by atoms with E-state index in [0.29, 0.717) is 5.56 Å². The predicted molar refractivity (Wildman–Crippen MR) is 81.9 cm³/mol. The topological polar surface area (TPSA) is 169 Å². The molecule has 0 amide bonds. The summed E-state index contributed by atoms with van der Waals surface area (Å²) < 4.78 is 10.2. The molecule has 0 unspecified atom stereocenters. The normalized spacial score (nSPS) is 30.7. The molecule has 1 aromatic rings. The fraction of sp³-hybridized carbons (Fsp3) is 0.533. The van der Waals surface area contributed by atoms with Crippen molar-refractivity contribution < 1.29 is 44.9 Å². The number of phenolic OH excluding ortho intramolecular Hbond substituents is 1. The quantitative estimate of drug-likeness (QED) is 0.299. The summed E-state index contributed by atoms with van der Waals surface area (Å²) in [5.41, 5.74) is 0.406. The van der Waals surface area contributed by atoms with Gasteiger partial charge < -0.3 is 45.4 Å². The van der Waals surface area contributed by atoms with E-state index >= 15 is 0 Å². The van der Waals surface area contributed by atoms with Gasteiger partial charge >= 0.3 is 5.97 Å². The number of aromatic hydroxyl groups is 1. The van der Waals surface area contributed by atoms with Crippen molar-refractivity contribution in [2.75, 3.05) is 13.6 Å². The summed E-state index contributed by atoms with van der Waals surface area (Å²) in [6.45, 7) is 0.258. The number of phenols is 1. The SMILES string of the molecule is CNC[C@H](O)c1ccc(O[C@@H]2O[C@H](C(=O)O)[C@@H](O)[C@H](O)[C@H]2O)c(O)c1. The molecule has 25 heavy (non-hydrogen) atoms.